The van der Waals surface area contributed by atoms with Gasteiger partial charge in [-0.3, -0.25) is 0 Å². The maximum Gasteiger partial charge on any atom is 0.127 e. The Balaban J connectivity index is 2.68. The fraction of sp³-hybridized carbons (Fsp3) is 0.250. The summed E-state index contributed by atoms with van der Waals surface area (Å²) < 4.78 is 10.9. The number of ether oxygens (including phenoxy) is 2. The third kappa shape index (κ3) is 2.19. The van der Waals surface area contributed by atoms with Crippen LogP contribution in [-0.2, 0) is 6.42 Å². The van der Waals surface area contributed by atoms with E-state index in [1.54, 1.807) is 14.2 Å². The van der Waals surface area contributed by atoms with Crippen LogP contribution in [0, 0.1) is 0 Å². The molecule has 2 aromatic carbocycles. The second kappa shape index (κ2) is 5.58. The fourth-order valence-electron chi connectivity index (χ4n) is 2.20. The van der Waals surface area contributed by atoms with Crippen molar-refractivity contribution < 1.29 is 9.47 Å². The van der Waals surface area contributed by atoms with Crippen LogP contribution in [0.15, 0.2) is 42.5 Å². The molecule has 94 valence electrons. The van der Waals surface area contributed by atoms with E-state index in [4.69, 9.17) is 9.47 Å². The van der Waals surface area contributed by atoms with Gasteiger partial charge in [0, 0.05) is 11.1 Å². The van der Waals surface area contributed by atoms with Crippen LogP contribution in [0.5, 0.6) is 11.5 Å². The highest BCUT2D eigenvalue weighted by molar-refractivity contribution is 5.78. The number of aryl methyl sites for hydroxylation is 1. The van der Waals surface area contributed by atoms with Crippen molar-refractivity contribution in [1.29, 1.82) is 0 Å². The molecule has 0 spiro atoms. The van der Waals surface area contributed by atoms with Crippen molar-refractivity contribution >= 4 is 0 Å². The average molecular weight is 242 g/mol. The molecule has 0 aliphatic carbocycles. The molecule has 0 fully saturated rings. The van der Waals surface area contributed by atoms with Crippen molar-refractivity contribution in [1.82, 2.24) is 0 Å². The average Bonchev–Trinajstić information content (AvgIpc) is 2.46. The van der Waals surface area contributed by atoms with E-state index >= 15 is 0 Å². The lowest BCUT2D eigenvalue weighted by Crippen LogP contribution is -1.95. The zero-order chi connectivity index (χ0) is 13.0. The number of benzene rings is 2. The van der Waals surface area contributed by atoms with Gasteiger partial charge < -0.3 is 9.47 Å². The molecule has 2 nitrogen and oxygen atoms in total. The van der Waals surface area contributed by atoms with Crippen LogP contribution in [0.3, 0.4) is 0 Å². The summed E-state index contributed by atoms with van der Waals surface area (Å²) in [6.45, 7) is 2.15. The van der Waals surface area contributed by atoms with E-state index in [0.717, 1.165) is 29.0 Å². The quantitative estimate of drug-likeness (QED) is 0.808. The number of methoxy groups -OCH3 is 2. The predicted molar refractivity (Wildman–Crippen MR) is 74.4 cm³/mol. The largest absolute Gasteiger partial charge is 0.496 e. The number of rotatable bonds is 4. The van der Waals surface area contributed by atoms with E-state index in [1.165, 1.54) is 5.56 Å². The lowest BCUT2D eigenvalue weighted by Gasteiger charge is -2.15. The smallest absolute Gasteiger partial charge is 0.127 e. The van der Waals surface area contributed by atoms with Crippen LogP contribution < -0.4 is 9.47 Å². The van der Waals surface area contributed by atoms with E-state index < -0.39 is 0 Å². The van der Waals surface area contributed by atoms with Crippen LogP contribution in [0.4, 0.5) is 0 Å². The molecular weight excluding hydrogens is 224 g/mol. The molecular formula is C16H18O2. The Morgan fingerprint density at radius 2 is 1.50 bits per heavy atom. The highest BCUT2D eigenvalue weighted by Crippen LogP contribution is 2.38. The Labute approximate surface area is 108 Å². The van der Waals surface area contributed by atoms with Crippen LogP contribution in [-0.4, -0.2) is 14.2 Å². The molecule has 0 saturated carbocycles. The Morgan fingerprint density at radius 1 is 0.833 bits per heavy atom. The zero-order valence-corrected chi connectivity index (χ0v) is 11.1. The SMILES string of the molecule is CCc1cccc(OC)c1-c1ccccc1OC. The molecule has 2 rings (SSSR count). The molecule has 0 N–H and O–H groups in total. The Hall–Kier alpha value is -1.96. The number of hydrogen-bond acceptors (Lipinski definition) is 2. The first-order valence-electron chi connectivity index (χ1n) is 6.11. The van der Waals surface area contributed by atoms with Gasteiger partial charge in [0.2, 0.25) is 0 Å². The summed E-state index contributed by atoms with van der Waals surface area (Å²) in [5.74, 6) is 1.76. The summed E-state index contributed by atoms with van der Waals surface area (Å²) in [6.07, 6.45) is 0.963. The molecule has 0 aliphatic rings. The summed E-state index contributed by atoms with van der Waals surface area (Å²) in [6, 6.07) is 14.2. The van der Waals surface area contributed by atoms with Gasteiger partial charge in [-0.25, -0.2) is 0 Å². The summed E-state index contributed by atoms with van der Waals surface area (Å²) in [5, 5.41) is 0. The first-order chi connectivity index (χ1) is 8.81. The molecule has 0 radical (unpaired) electrons. The highest BCUT2D eigenvalue weighted by Gasteiger charge is 2.13. The van der Waals surface area contributed by atoms with Crippen molar-refractivity contribution in [2.24, 2.45) is 0 Å². The molecule has 0 saturated heterocycles. The van der Waals surface area contributed by atoms with Gasteiger partial charge in [-0.2, -0.15) is 0 Å². The standard InChI is InChI=1S/C16H18O2/c1-4-12-8-7-11-15(18-3)16(12)13-9-5-6-10-14(13)17-2/h5-11H,4H2,1-3H3. The van der Waals surface area contributed by atoms with Gasteiger partial charge >= 0.3 is 0 Å². The zero-order valence-electron chi connectivity index (χ0n) is 11.1. The minimum atomic E-state index is 0.872. The lowest BCUT2D eigenvalue weighted by atomic mass is 9.96. The van der Waals surface area contributed by atoms with E-state index in [9.17, 15) is 0 Å². The van der Waals surface area contributed by atoms with Crippen LogP contribution >= 0.6 is 0 Å². The fourth-order valence-corrected chi connectivity index (χ4v) is 2.20. The van der Waals surface area contributed by atoms with Crippen LogP contribution in [0.2, 0.25) is 0 Å². The minimum Gasteiger partial charge on any atom is -0.496 e. The molecule has 2 heteroatoms. The van der Waals surface area contributed by atoms with Gasteiger partial charge in [0.25, 0.3) is 0 Å². The van der Waals surface area contributed by atoms with Gasteiger partial charge in [-0.05, 0) is 24.1 Å². The van der Waals surface area contributed by atoms with Crippen molar-refractivity contribution in [2.45, 2.75) is 13.3 Å². The van der Waals surface area contributed by atoms with Crippen LogP contribution in [0.25, 0.3) is 11.1 Å². The van der Waals surface area contributed by atoms with Crippen molar-refractivity contribution in [3.63, 3.8) is 0 Å². The van der Waals surface area contributed by atoms with Crippen molar-refractivity contribution in [2.75, 3.05) is 14.2 Å². The van der Waals surface area contributed by atoms with Gasteiger partial charge in [0.05, 0.1) is 14.2 Å². The number of hydrogen-bond donors (Lipinski definition) is 0. The molecule has 0 aromatic heterocycles. The maximum atomic E-state index is 5.49. The Kier molecular flexibility index (Phi) is 3.88. The highest BCUT2D eigenvalue weighted by atomic mass is 16.5. The van der Waals surface area contributed by atoms with Crippen LogP contribution in [0.1, 0.15) is 12.5 Å². The molecule has 0 atom stereocenters. The van der Waals surface area contributed by atoms with Gasteiger partial charge in [-0.1, -0.05) is 37.3 Å². The maximum absolute atomic E-state index is 5.49. The van der Waals surface area contributed by atoms with E-state index in [0.29, 0.717) is 0 Å². The summed E-state index contributed by atoms with van der Waals surface area (Å²) >= 11 is 0. The number of para-hydroxylation sites is 1. The van der Waals surface area contributed by atoms with Crippen molar-refractivity contribution in [3.8, 4) is 22.6 Å². The summed E-state index contributed by atoms with van der Waals surface area (Å²) in [4.78, 5) is 0. The van der Waals surface area contributed by atoms with Gasteiger partial charge in [-0.15, -0.1) is 0 Å². The second-order valence-corrected chi connectivity index (χ2v) is 4.05. The van der Waals surface area contributed by atoms with Crippen molar-refractivity contribution in [3.05, 3.63) is 48.0 Å². The first-order valence-corrected chi connectivity index (χ1v) is 6.11. The first kappa shape index (κ1) is 12.5. The monoisotopic (exact) mass is 242 g/mol. The molecule has 18 heavy (non-hydrogen) atoms. The van der Waals surface area contributed by atoms with E-state index in [-0.39, 0.29) is 0 Å². The summed E-state index contributed by atoms with van der Waals surface area (Å²) in [7, 11) is 3.40. The third-order valence-electron chi connectivity index (χ3n) is 3.09. The van der Waals surface area contributed by atoms with E-state index in [1.807, 2.05) is 30.3 Å². The van der Waals surface area contributed by atoms with Gasteiger partial charge in [0.1, 0.15) is 11.5 Å². The lowest BCUT2D eigenvalue weighted by molar-refractivity contribution is 0.410. The van der Waals surface area contributed by atoms with Gasteiger partial charge in [0.15, 0.2) is 0 Å². The minimum absolute atomic E-state index is 0.872. The molecule has 0 bridgehead atoms. The molecule has 0 amide bonds. The van der Waals surface area contributed by atoms with E-state index in [2.05, 4.69) is 19.1 Å². The molecule has 2 aromatic rings. The molecule has 0 unspecified atom stereocenters. The normalized spacial score (nSPS) is 10.2. The molecule has 0 heterocycles. The Morgan fingerprint density at radius 3 is 2.17 bits per heavy atom. The second-order valence-electron chi connectivity index (χ2n) is 4.05. The summed E-state index contributed by atoms with van der Waals surface area (Å²) in [5.41, 5.74) is 3.47. The Bertz CT molecular complexity index is 510. The third-order valence-corrected chi connectivity index (χ3v) is 3.09. The predicted octanol–water partition coefficient (Wildman–Crippen LogP) is 3.93. The molecule has 0 aliphatic heterocycles. The topological polar surface area (TPSA) is 18.5 Å².